The Morgan fingerprint density at radius 3 is 2.42 bits per heavy atom. The molecule has 0 aromatic carbocycles. The maximum atomic E-state index is 3.86. The highest BCUT2D eigenvalue weighted by molar-refractivity contribution is 5.04. The molecule has 1 saturated carbocycles. The van der Waals surface area contributed by atoms with Crippen LogP contribution >= 0.6 is 0 Å². The van der Waals surface area contributed by atoms with Crippen molar-refractivity contribution in [3.8, 4) is 0 Å². The van der Waals surface area contributed by atoms with Gasteiger partial charge in [0, 0.05) is 31.2 Å². The van der Waals surface area contributed by atoms with Gasteiger partial charge < -0.3 is 5.32 Å². The van der Waals surface area contributed by atoms with E-state index in [9.17, 15) is 0 Å². The van der Waals surface area contributed by atoms with Crippen LogP contribution in [-0.4, -0.2) is 36.1 Å². The molecule has 1 aliphatic carbocycles. The summed E-state index contributed by atoms with van der Waals surface area (Å²) >= 11 is 0. The fraction of sp³-hybridized carbons (Fsp3) is 1.00. The molecule has 2 fully saturated rings. The van der Waals surface area contributed by atoms with Crippen LogP contribution in [-0.2, 0) is 0 Å². The van der Waals surface area contributed by atoms with Crippen LogP contribution < -0.4 is 5.32 Å². The molecule has 0 radical (unpaired) electrons. The average molecular weight is 266 g/mol. The molecular weight excluding hydrogens is 232 g/mol. The van der Waals surface area contributed by atoms with Crippen molar-refractivity contribution in [3.05, 3.63) is 0 Å². The molecule has 0 bridgehead atoms. The first kappa shape index (κ1) is 15.3. The highest BCUT2D eigenvalue weighted by Gasteiger charge is 2.46. The van der Waals surface area contributed by atoms with Crippen molar-refractivity contribution in [2.45, 2.75) is 72.4 Å². The molecule has 2 unspecified atom stereocenters. The van der Waals surface area contributed by atoms with E-state index >= 15 is 0 Å². The molecule has 2 rings (SSSR count). The Balaban J connectivity index is 2.05. The molecule has 1 aliphatic heterocycles. The predicted octanol–water partition coefficient (Wildman–Crippen LogP) is 3.52. The summed E-state index contributed by atoms with van der Waals surface area (Å²) in [5.41, 5.74) is 0.786. The van der Waals surface area contributed by atoms with E-state index in [1.165, 1.54) is 38.9 Å². The van der Waals surface area contributed by atoms with E-state index in [1.807, 2.05) is 0 Å². The highest BCUT2D eigenvalue weighted by Crippen LogP contribution is 2.42. The smallest absolute Gasteiger partial charge is 0.0309 e. The third-order valence-electron chi connectivity index (χ3n) is 5.91. The van der Waals surface area contributed by atoms with E-state index in [2.05, 4.69) is 51.8 Å². The van der Waals surface area contributed by atoms with E-state index in [1.54, 1.807) is 0 Å². The summed E-state index contributed by atoms with van der Waals surface area (Å²) in [6, 6.07) is 0.727. The van der Waals surface area contributed by atoms with Crippen molar-refractivity contribution in [2.75, 3.05) is 19.6 Å². The van der Waals surface area contributed by atoms with Gasteiger partial charge >= 0.3 is 0 Å². The van der Waals surface area contributed by atoms with Crippen molar-refractivity contribution in [1.82, 2.24) is 10.2 Å². The van der Waals surface area contributed by atoms with E-state index in [4.69, 9.17) is 0 Å². The van der Waals surface area contributed by atoms with Gasteiger partial charge in [-0.1, -0.05) is 34.6 Å². The first-order chi connectivity index (χ1) is 8.78. The second kappa shape index (κ2) is 5.37. The second-order valence-electron chi connectivity index (χ2n) is 8.18. The molecule has 0 amide bonds. The maximum Gasteiger partial charge on any atom is 0.0309 e. The summed E-state index contributed by atoms with van der Waals surface area (Å²) in [5.74, 6) is 1.67. The summed E-state index contributed by atoms with van der Waals surface area (Å²) in [5, 5.41) is 3.86. The minimum atomic E-state index is 0.374. The molecule has 2 nitrogen and oxygen atoms in total. The van der Waals surface area contributed by atoms with Crippen LogP contribution in [0.2, 0.25) is 0 Å². The highest BCUT2D eigenvalue weighted by atomic mass is 15.3. The van der Waals surface area contributed by atoms with E-state index in [-0.39, 0.29) is 0 Å². The third kappa shape index (κ3) is 3.33. The van der Waals surface area contributed by atoms with Gasteiger partial charge in [-0.2, -0.15) is 0 Å². The first-order valence-corrected chi connectivity index (χ1v) is 8.27. The maximum absolute atomic E-state index is 3.86. The molecule has 0 aromatic heterocycles. The van der Waals surface area contributed by atoms with Crippen molar-refractivity contribution in [2.24, 2.45) is 17.3 Å². The van der Waals surface area contributed by atoms with Crippen LogP contribution in [0.4, 0.5) is 0 Å². The van der Waals surface area contributed by atoms with Crippen LogP contribution in [0, 0.1) is 17.3 Å². The van der Waals surface area contributed by atoms with E-state index < -0.39 is 0 Å². The standard InChI is InChI=1S/C17H34N2/c1-7-15-10-18-17(6,14-8-9-14)12-19(15)11-16(4,5)13(2)3/h13-15,18H,7-12H2,1-6H3. The molecule has 2 atom stereocenters. The largest absolute Gasteiger partial charge is 0.308 e. The molecule has 112 valence electrons. The molecule has 1 N–H and O–H groups in total. The first-order valence-electron chi connectivity index (χ1n) is 8.27. The lowest BCUT2D eigenvalue weighted by Gasteiger charge is -2.49. The van der Waals surface area contributed by atoms with Gasteiger partial charge in [-0.15, -0.1) is 0 Å². The Bertz CT molecular complexity index is 304. The number of nitrogens with one attached hydrogen (secondary N) is 1. The summed E-state index contributed by atoms with van der Waals surface area (Å²) in [6.45, 7) is 18.0. The number of hydrogen-bond donors (Lipinski definition) is 1. The Hall–Kier alpha value is -0.0800. The van der Waals surface area contributed by atoms with Gasteiger partial charge in [-0.25, -0.2) is 0 Å². The van der Waals surface area contributed by atoms with Gasteiger partial charge in [0.15, 0.2) is 0 Å². The third-order valence-corrected chi connectivity index (χ3v) is 5.91. The topological polar surface area (TPSA) is 15.3 Å². The lowest BCUT2D eigenvalue weighted by molar-refractivity contribution is 0.0292. The minimum Gasteiger partial charge on any atom is -0.308 e. The minimum absolute atomic E-state index is 0.374. The summed E-state index contributed by atoms with van der Waals surface area (Å²) in [4.78, 5) is 2.79. The van der Waals surface area contributed by atoms with Gasteiger partial charge in [-0.3, -0.25) is 4.90 Å². The van der Waals surface area contributed by atoms with Crippen LogP contribution in [0.15, 0.2) is 0 Å². The fourth-order valence-corrected chi connectivity index (χ4v) is 3.37. The van der Waals surface area contributed by atoms with Crippen LogP contribution in [0.5, 0.6) is 0 Å². The zero-order chi connectivity index (χ0) is 14.3. The van der Waals surface area contributed by atoms with Gasteiger partial charge in [0.05, 0.1) is 0 Å². The summed E-state index contributed by atoms with van der Waals surface area (Å²) in [7, 11) is 0. The number of hydrogen-bond acceptors (Lipinski definition) is 2. The quantitative estimate of drug-likeness (QED) is 0.819. The average Bonchev–Trinajstić information content (AvgIpc) is 3.12. The van der Waals surface area contributed by atoms with Gasteiger partial charge in [0.1, 0.15) is 0 Å². The summed E-state index contributed by atoms with van der Waals surface area (Å²) in [6.07, 6.45) is 4.13. The summed E-state index contributed by atoms with van der Waals surface area (Å²) < 4.78 is 0. The Kier molecular flexibility index (Phi) is 4.32. The number of piperazine rings is 1. The van der Waals surface area contributed by atoms with Crippen molar-refractivity contribution < 1.29 is 0 Å². The molecule has 1 heterocycles. The molecule has 1 saturated heterocycles. The van der Waals surface area contributed by atoms with Crippen LogP contribution in [0.25, 0.3) is 0 Å². The van der Waals surface area contributed by atoms with Gasteiger partial charge in [0.2, 0.25) is 0 Å². The zero-order valence-corrected chi connectivity index (χ0v) is 13.9. The zero-order valence-electron chi connectivity index (χ0n) is 13.9. The van der Waals surface area contributed by atoms with E-state index in [0.717, 1.165) is 17.9 Å². The number of nitrogens with zero attached hydrogens (tertiary/aromatic N) is 1. The Morgan fingerprint density at radius 1 is 1.32 bits per heavy atom. The molecule has 2 aliphatic rings. The SMILES string of the molecule is CCC1CNC(C)(C2CC2)CN1CC(C)(C)C(C)C. The molecule has 2 heteroatoms. The number of rotatable bonds is 5. The predicted molar refractivity (Wildman–Crippen MR) is 83.4 cm³/mol. The van der Waals surface area contributed by atoms with Crippen LogP contribution in [0.3, 0.4) is 0 Å². The monoisotopic (exact) mass is 266 g/mol. The molecule has 19 heavy (non-hydrogen) atoms. The van der Waals surface area contributed by atoms with E-state index in [0.29, 0.717) is 11.0 Å². The lowest BCUT2D eigenvalue weighted by Crippen LogP contribution is -2.65. The molecule has 0 aromatic rings. The molecular formula is C17H34N2. The fourth-order valence-electron chi connectivity index (χ4n) is 3.37. The Labute approximate surface area is 120 Å². The Morgan fingerprint density at radius 2 is 1.95 bits per heavy atom. The van der Waals surface area contributed by atoms with Crippen molar-refractivity contribution in [1.29, 1.82) is 0 Å². The van der Waals surface area contributed by atoms with Crippen molar-refractivity contribution in [3.63, 3.8) is 0 Å². The molecule has 0 spiro atoms. The van der Waals surface area contributed by atoms with Gasteiger partial charge in [-0.05, 0) is 43.4 Å². The lowest BCUT2D eigenvalue weighted by atomic mass is 9.79. The van der Waals surface area contributed by atoms with Gasteiger partial charge in [0.25, 0.3) is 0 Å². The normalized spacial score (nSPS) is 33.9. The van der Waals surface area contributed by atoms with Crippen LogP contribution in [0.1, 0.15) is 60.8 Å². The van der Waals surface area contributed by atoms with Crippen molar-refractivity contribution >= 4 is 0 Å². The second-order valence-corrected chi connectivity index (χ2v) is 8.18.